The van der Waals surface area contributed by atoms with E-state index in [1.165, 1.54) is 12.1 Å². The maximum Gasteiger partial charge on any atom is 0.303 e. The lowest BCUT2D eigenvalue weighted by Crippen LogP contribution is -2.25. The molecule has 2 N–H and O–H groups in total. The first-order valence-corrected chi connectivity index (χ1v) is 8.98. The molecule has 1 aromatic carbocycles. The third kappa shape index (κ3) is 4.51. The first-order valence-electron chi connectivity index (χ1n) is 8.98. The summed E-state index contributed by atoms with van der Waals surface area (Å²) in [7, 11) is 0. The van der Waals surface area contributed by atoms with Crippen LogP contribution in [-0.2, 0) is 4.79 Å². The number of carboxylic acid groups (broad SMARTS) is 1. The van der Waals surface area contributed by atoms with Gasteiger partial charge in [-0.2, -0.15) is 0 Å². The number of hydrogen-bond donors (Lipinski definition) is 2. The molecule has 8 heteroatoms. The number of aliphatic carboxylic acids is 1. The van der Waals surface area contributed by atoms with Gasteiger partial charge < -0.3 is 14.9 Å². The van der Waals surface area contributed by atoms with E-state index in [1.807, 2.05) is 0 Å². The molecule has 1 amide bonds. The first-order chi connectivity index (χ1) is 13.5. The summed E-state index contributed by atoms with van der Waals surface area (Å²) in [4.78, 5) is 27.6. The maximum atomic E-state index is 13.2. The van der Waals surface area contributed by atoms with E-state index < -0.39 is 5.97 Å². The molecular formula is C20H20FN3O4. The van der Waals surface area contributed by atoms with Crippen molar-refractivity contribution < 1.29 is 23.6 Å². The Balaban J connectivity index is 1.78. The van der Waals surface area contributed by atoms with Crippen molar-refractivity contribution >= 4 is 23.0 Å². The Morgan fingerprint density at radius 2 is 1.93 bits per heavy atom. The molecule has 0 aliphatic carbocycles. The lowest BCUT2D eigenvalue weighted by atomic mass is 10.0. The van der Waals surface area contributed by atoms with Crippen molar-refractivity contribution in [1.82, 2.24) is 15.5 Å². The summed E-state index contributed by atoms with van der Waals surface area (Å²) in [6.07, 6.45) is 2.09. The zero-order valence-corrected chi connectivity index (χ0v) is 15.4. The summed E-state index contributed by atoms with van der Waals surface area (Å²) in [5.41, 5.74) is 2.31. The van der Waals surface area contributed by atoms with Gasteiger partial charge in [-0.05, 0) is 50.1 Å². The van der Waals surface area contributed by atoms with Crippen LogP contribution in [0.3, 0.4) is 0 Å². The van der Waals surface area contributed by atoms with Crippen molar-refractivity contribution in [2.24, 2.45) is 0 Å². The van der Waals surface area contributed by atoms with Crippen LogP contribution in [0.5, 0.6) is 0 Å². The number of benzene rings is 1. The molecule has 0 saturated carbocycles. The zero-order valence-electron chi connectivity index (χ0n) is 15.4. The number of nitrogens with zero attached hydrogens (tertiary/aromatic N) is 2. The van der Waals surface area contributed by atoms with Crippen LogP contribution in [0.15, 0.2) is 34.9 Å². The normalized spacial score (nSPS) is 10.9. The van der Waals surface area contributed by atoms with Crippen molar-refractivity contribution in [3.05, 3.63) is 47.4 Å². The third-order valence-corrected chi connectivity index (χ3v) is 4.35. The van der Waals surface area contributed by atoms with Gasteiger partial charge in [-0.15, -0.1) is 0 Å². The van der Waals surface area contributed by atoms with Gasteiger partial charge in [-0.1, -0.05) is 11.6 Å². The van der Waals surface area contributed by atoms with Crippen molar-refractivity contribution in [3.63, 3.8) is 0 Å². The molecule has 0 unspecified atom stereocenters. The van der Waals surface area contributed by atoms with Gasteiger partial charge in [0.25, 0.3) is 11.6 Å². The molecule has 0 aliphatic heterocycles. The molecule has 2 heterocycles. The van der Waals surface area contributed by atoms with E-state index in [0.29, 0.717) is 53.7 Å². The average molecular weight is 385 g/mol. The summed E-state index contributed by atoms with van der Waals surface area (Å²) >= 11 is 0. The largest absolute Gasteiger partial charge is 0.481 e. The molecule has 0 saturated heterocycles. The number of fused-ring (bicyclic) bond motifs is 1. The fourth-order valence-corrected chi connectivity index (χ4v) is 2.92. The van der Waals surface area contributed by atoms with Gasteiger partial charge in [0.15, 0.2) is 0 Å². The van der Waals surface area contributed by atoms with E-state index in [2.05, 4.69) is 15.5 Å². The van der Waals surface area contributed by atoms with Crippen LogP contribution in [-0.4, -0.2) is 33.7 Å². The van der Waals surface area contributed by atoms with Crippen molar-refractivity contribution in [2.45, 2.75) is 32.6 Å². The highest BCUT2D eigenvalue weighted by molar-refractivity contribution is 6.06. The molecule has 0 bridgehead atoms. The van der Waals surface area contributed by atoms with E-state index in [4.69, 9.17) is 9.63 Å². The molecule has 0 aliphatic rings. The first kappa shape index (κ1) is 19.5. The molecule has 146 valence electrons. The standard InChI is InChI=1S/C20H20FN3O4/c1-12-18-15(19(27)22-10-4-2-3-5-17(25)26)11-16(23-20(18)28-24-12)13-6-8-14(21)9-7-13/h6-9,11H,2-5,10H2,1H3,(H,22,27)(H,25,26). The van der Waals surface area contributed by atoms with Crippen LogP contribution >= 0.6 is 0 Å². The predicted octanol–water partition coefficient (Wildman–Crippen LogP) is 3.71. The zero-order chi connectivity index (χ0) is 20.1. The Morgan fingerprint density at radius 3 is 2.64 bits per heavy atom. The van der Waals surface area contributed by atoms with Crippen LogP contribution in [0.4, 0.5) is 4.39 Å². The summed E-state index contributed by atoms with van der Waals surface area (Å²) in [6, 6.07) is 7.45. The molecule has 0 fully saturated rings. The molecule has 0 spiro atoms. The topological polar surface area (TPSA) is 105 Å². The molecule has 2 aromatic heterocycles. The smallest absolute Gasteiger partial charge is 0.303 e. The molecule has 3 rings (SSSR count). The van der Waals surface area contributed by atoms with E-state index in [0.717, 1.165) is 0 Å². The Kier molecular flexibility index (Phi) is 5.98. The number of unbranched alkanes of at least 4 members (excludes halogenated alkanes) is 2. The summed E-state index contributed by atoms with van der Waals surface area (Å²) in [5, 5.41) is 15.9. The molecular weight excluding hydrogens is 365 g/mol. The third-order valence-electron chi connectivity index (χ3n) is 4.35. The van der Waals surface area contributed by atoms with Gasteiger partial charge >= 0.3 is 5.97 Å². The van der Waals surface area contributed by atoms with E-state index >= 15 is 0 Å². The number of nitrogens with one attached hydrogen (secondary N) is 1. The maximum absolute atomic E-state index is 13.2. The minimum Gasteiger partial charge on any atom is -0.481 e. The fraction of sp³-hybridized carbons (Fsp3) is 0.300. The number of hydrogen-bond acceptors (Lipinski definition) is 5. The average Bonchev–Trinajstić information content (AvgIpc) is 3.05. The summed E-state index contributed by atoms with van der Waals surface area (Å²) < 4.78 is 18.4. The minimum absolute atomic E-state index is 0.125. The summed E-state index contributed by atoms with van der Waals surface area (Å²) in [5.74, 6) is -1.47. The predicted molar refractivity (Wildman–Crippen MR) is 100 cm³/mol. The highest BCUT2D eigenvalue weighted by Gasteiger charge is 2.19. The van der Waals surface area contributed by atoms with Crippen LogP contribution in [0.2, 0.25) is 0 Å². The van der Waals surface area contributed by atoms with Gasteiger partial charge in [0, 0.05) is 18.5 Å². The number of pyridine rings is 1. The quantitative estimate of drug-likeness (QED) is 0.573. The molecule has 28 heavy (non-hydrogen) atoms. The van der Waals surface area contributed by atoms with Crippen LogP contribution in [0, 0.1) is 12.7 Å². The molecule has 3 aromatic rings. The van der Waals surface area contributed by atoms with Gasteiger partial charge in [-0.25, -0.2) is 9.37 Å². The van der Waals surface area contributed by atoms with Crippen LogP contribution < -0.4 is 5.32 Å². The molecule has 7 nitrogen and oxygen atoms in total. The molecule has 0 radical (unpaired) electrons. The van der Waals surface area contributed by atoms with E-state index in [9.17, 15) is 14.0 Å². The number of carboxylic acids is 1. The highest BCUT2D eigenvalue weighted by Crippen LogP contribution is 2.27. The summed E-state index contributed by atoms with van der Waals surface area (Å²) in [6.45, 7) is 2.16. The SMILES string of the molecule is Cc1noc2nc(-c3ccc(F)cc3)cc(C(=O)NCCCCCC(=O)O)c12. The van der Waals surface area contributed by atoms with Gasteiger partial charge in [-0.3, -0.25) is 9.59 Å². The Morgan fingerprint density at radius 1 is 1.18 bits per heavy atom. The van der Waals surface area contributed by atoms with Crippen LogP contribution in [0.25, 0.3) is 22.4 Å². The number of aromatic nitrogens is 2. The molecule has 0 atom stereocenters. The van der Waals surface area contributed by atoms with Crippen molar-refractivity contribution in [1.29, 1.82) is 0 Å². The number of aryl methyl sites for hydroxylation is 1. The van der Waals surface area contributed by atoms with E-state index in [1.54, 1.807) is 25.1 Å². The highest BCUT2D eigenvalue weighted by atomic mass is 19.1. The van der Waals surface area contributed by atoms with Crippen molar-refractivity contribution in [2.75, 3.05) is 6.54 Å². The number of carbonyl (C=O) groups is 2. The number of amides is 1. The minimum atomic E-state index is -0.820. The van der Waals surface area contributed by atoms with Gasteiger partial charge in [0.05, 0.1) is 22.3 Å². The van der Waals surface area contributed by atoms with Gasteiger partial charge in [0.1, 0.15) is 5.82 Å². The second-order valence-electron chi connectivity index (χ2n) is 6.47. The Labute approximate surface area is 160 Å². The van der Waals surface area contributed by atoms with Crippen molar-refractivity contribution in [3.8, 4) is 11.3 Å². The second kappa shape index (κ2) is 8.60. The van der Waals surface area contributed by atoms with E-state index in [-0.39, 0.29) is 23.9 Å². The van der Waals surface area contributed by atoms with Crippen LogP contribution in [0.1, 0.15) is 41.7 Å². The number of rotatable bonds is 8. The number of halogens is 1. The lowest BCUT2D eigenvalue weighted by molar-refractivity contribution is -0.137. The van der Waals surface area contributed by atoms with Gasteiger partial charge in [0.2, 0.25) is 0 Å². The number of carbonyl (C=O) groups excluding carboxylic acids is 1. The Hall–Kier alpha value is -3.29. The Bertz CT molecular complexity index is 999. The monoisotopic (exact) mass is 385 g/mol. The fourth-order valence-electron chi connectivity index (χ4n) is 2.92. The second-order valence-corrected chi connectivity index (χ2v) is 6.47. The lowest BCUT2D eigenvalue weighted by Gasteiger charge is -2.08.